The molecule has 1 saturated carbocycles. The van der Waals surface area contributed by atoms with E-state index in [0.717, 1.165) is 34.1 Å². The Hall–Kier alpha value is -4.46. The third-order valence-corrected chi connectivity index (χ3v) is 6.64. The summed E-state index contributed by atoms with van der Waals surface area (Å²) < 4.78 is 2.38. The van der Waals surface area contributed by atoms with Gasteiger partial charge in [0.1, 0.15) is 6.54 Å². The molecule has 0 aliphatic heterocycles. The van der Waals surface area contributed by atoms with Crippen LogP contribution in [-0.2, 0) is 22.6 Å². The third-order valence-electron chi connectivity index (χ3n) is 6.64. The van der Waals surface area contributed by atoms with Crippen LogP contribution >= 0.6 is 0 Å². The first-order valence-electron chi connectivity index (χ1n) is 12.3. The largest absolute Gasteiger partial charge is 0.353 e. The molecule has 1 aliphatic rings. The monoisotopic (exact) mass is 496 g/mol. The van der Waals surface area contributed by atoms with Gasteiger partial charge in [-0.15, -0.1) is 0 Å². The molecule has 188 valence electrons. The van der Waals surface area contributed by atoms with Crippen molar-refractivity contribution in [2.75, 3.05) is 5.32 Å². The minimum absolute atomic E-state index is 0.0461. The molecule has 1 aliphatic carbocycles. The molecule has 5 rings (SSSR count). The van der Waals surface area contributed by atoms with Gasteiger partial charge in [-0.05, 0) is 79.8 Å². The smallest absolute Gasteiger partial charge is 0.336 e. The Labute approximate surface area is 213 Å². The first-order valence-corrected chi connectivity index (χ1v) is 12.3. The lowest BCUT2D eigenvalue weighted by molar-refractivity contribution is -0.120. The Morgan fingerprint density at radius 1 is 0.892 bits per heavy atom. The average Bonchev–Trinajstić information content (AvgIpc) is 3.69. The number of aromatic nitrogens is 2. The molecule has 0 radical (unpaired) electrons. The van der Waals surface area contributed by atoms with Gasteiger partial charge < -0.3 is 10.6 Å². The molecule has 1 heterocycles. The number of carbonyl (C=O) groups excluding carboxylic acids is 2. The summed E-state index contributed by atoms with van der Waals surface area (Å²) in [6.45, 7) is 3.70. The van der Waals surface area contributed by atoms with Gasteiger partial charge in [0.25, 0.3) is 5.56 Å². The molecule has 4 aromatic rings. The summed E-state index contributed by atoms with van der Waals surface area (Å²) in [5.41, 5.74) is 3.25. The SMILES string of the molecule is Cc1ccc(NC(=O)Cn2c(=O)n(-c3ccc(CC(=O)NC4CC4)cc3)c(=O)c3ccccc32)cc1C. The van der Waals surface area contributed by atoms with Crippen molar-refractivity contribution in [3.63, 3.8) is 0 Å². The lowest BCUT2D eigenvalue weighted by Crippen LogP contribution is -2.40. The minimum atomic E-state index is -0.613. The molecule has 8 heteroatoms. The second-order valence-corrected chi connectivity index (χ2v) is 9.56. The fraction of sp³-hybridized carbons (Fsp3) is 0.241. The van der Waals surface area contributed by atoms with Crippen LogP contribution in [0.25, 0.3) is 16.6 Å². The molecule has 1 aromatic heterocycles. The number of anilines is 1. The van der Waals surface area contributed by atoms with Crippen LogP contribution in [0.1, 0.15) is 29.5 Å². The van der Waals surface area contributed by atoms with E-state index in [4.69, 9.17) is 0 Å². The van der Waals surface area contributed by atoms with Gasteiger partial charge in [-0.2, -0.15) is 0 Å². The van der Waals surface area contributed by atoms with E-state index in [1.165, 1.54) is 4.57 Å². The predicted molar refractivity (Wildman–Crippen MR) is 143 cm³/mol. The summed E-state index contributed by atoms with van der Waals surface area (Å²) >= 11 is 0. The van der Waals surface area contributed by atoms with Crippen LogP contribution in [0.4, 0.5) is 5.69 Å². The minimum Gasteiger partial charge on any atom is -0.353 e. The van der Waals surface area contributed by atoms with Gasteiger partial charge in [-0.25, -0.2) is 9.36 Å². The topological polar surface area (TPSA) is 102 Å². The van der Waals surface area contributed by atoms with Crippen LogP contribution in [0, 0.1) is 13.8 Å². The van der Waals surface area contributed by atoms with Gasteiger partial charge in [0.15, 0.2) is 0 Å². The fourth-order valence-electron chi connectivity index (χ4n) is 4.32. The molecular formula is C29H28N4O4. The second kappa shape index (κ2) is 9.89. The molecule has 0 bridgehead atoms. The van der Waals surface area contributed by atoms with Gasteiger partial charge >= 0.3 is 5.69 Å². The van der Waals surface area contributed by atoms with Gasteiger partial charge in [0, 0.05) is 11.7 Å². The van der Waals surface area contributed by atoms with Crippen molar-refractivity contribution in [3.8, 4) is 5.69 Å². The van der Waals surface area contributed by atoms with Crippen molar-refractivity contribution >= 4 is 28.4 Å². The summed E-state index contributed by atoms with van der Waals surface area (Å²) in [7, 11) is 0. The van der Waals surface area contributed by atoms with E-state index < -0.39 is 11.2 Å². The maximum atomic E-state index is 13.6. The van der Waals surface area contributed by atoms with Crippen molar-refractivity contribution in [3.05, 3.63) is 104 Å². The second-order valence-electron chi connectivity index (χ2n) is 9.56. The van der Waals surface area contributed by atoms with E-state index in [9.17, 15) is 19.2 Å². The molecule has 1 fully saturated rings. The number of amides is 2. The van der Waals surface area contributed by atoms with Gasteiger partial charge in [-0.3, -0.25) is 19.0 Å². The van der Waals surface area contributed by atoms with Crippen LogP contribution < -0.4 is 21.9 Å². The molecule has 2 amide bonds. The summed E-state index contributed by atoms with van der Waals surface area (Å²) in [5, 5.41) is 6.12. The Balaban J connectivity index is 1.47. The van der Waals surface area contributed by atoms with E-state index in [0.29, 0.717) is 22.3 Å². The number of para-hydroxylation sites is 1. The normalized spacial score (nSPS) is 12.9. The summed E-state index contributed by atoms with van der Waals surface area (Å²) in [4.78, 5) is 52.0. The highest BCUT2D eigenvalue weighted by Crippen LogP contribution is 2.19. The number of hydrogen-bond acceptors (Lipinski definition) is 4. The zero-order valence-corrected chi connectivity index (χ0v) is 20.8. The quantitative estimate of drug-likeness (QED) is 0.410. The van der Waals surface area contributed by atoms with E-state index in [2.05, 4.69) is 10.6 Å². The van der Waals surface area contributed by atoms with Crippen LogP contribution in [0.5, 0.6) is 0 Å². The molecule has 0 unspecified atom stereocenters. The number of hydrogen-bond donors (Lipinski definition) is 2. The highest BCUT2D eigenvalue weighted by atomic mass is 16.2. The highest BCUT2D eigenvalue weighted by Gasteiger charge is 2.23. The average molecular weight is 497 g/mol. The Morgan fingerprint density at radius 2 is 1.62 bits per heavy atom. The first-order chi connectivity index (χ1) is 17.8. The predicted octanol–water partition coefficient (Wildman–Crippen LogP) is 3.23. The van der Waals surface area contributed by atoms with Crippen LogP contribution in [0.15, 0.2) is 76.3 Å². The first kappa shape index (κ1) is 24.2. The van der Waals surface area contributed by atoms with E-state index in [1.54, 1.807) is 48.5 Å². The number of aryl methyl sites for hydroxylation is 2. The molecule has 0 atom stereocenters. The van der Waals surface area contributed by atoms with Crippen LogP contribution in [-0.4, -0.2) is 27.0 Å². The van der Waals surface area contributed by atoms with E-state index in [1.807, 2.05) is 32.0 Å². The number of carbonyl (C=O) groups is 2. The van der Waals surface area contributed by atoms with Gasteiger partial charge in [-0.1, -0.05) is 30.3 Å². The van der Waals surface area contributed by atoms with E-state index in [-0.39, 0.29) is 30.8 Å². The Kier molecular flexibility index (Phi) is 6.48. The molecule has 3 aromatic carbocycles. The lowest BCUT2D eigenvalue weighted by atomic mass is 10.1. The number of fused-ring (bicyclic) bond motifs is 1. The summed E-state index contributed by atoms with van der Waals surface area (Å²) in [5.74, 6) is -0.423. The maximum absolute atomic E-state index is 13.6. The zero-order valence-electron chi connectivity index (χ0n) is 20.8. The molecule has 0 saturated heterocycles. The molecule has 2 N–H and O–H groups in total. The zero-order chi connectivity index (χ0) is 26.1. The maximum Gasteiger partial charge on any atom is 0.336 e. The van der Waals surface area contributed by atoms with Gasteiger partial charge in [0.2, 0.25) is 11.8 Å². The Morgan fingerprint density at radius 3 is 2.32 bits per heavy atom. The number of benzene rings is 3. The van der Waals surface area contributed by atoms with Crippen LogP contribution in [0.2, 0.25) is 0 Å². The lowest BCUT2D eigenvalue weighted by Gasteiger charge is -2.15. The van der Waals surface area contributed by atoms with Crippen molar-refractivity contribution in [1.29, 1.82) is 0 Å². The third kappa shape index (κ3) is 5.23. The summed E-state index contributed by atoms with van der Waals surface area (Å²) in [6, 6.07) is 19.4. The molecular weight excluding hydrogens is 468 g/mol. The molecule has 37 heavy (non-hydrogen) atoms. The Bertz CT molecular complexity index is 1630. The van der Waals surface area contributed by atoms with Crippen molar-refractivity contribution < 1.29 is 9.59 Å². The fourth-order valence-corrected chi connectivity index (χ4v) is 4.32. The van der Waals surface area contributed by atoms with Crippen molar-refractivity contribution in [2.45, 2.75) is 45.7 Å². The number of rotatable bonds is 7. The standard InChI is InChI=1S/C29H28N4O4/c1-18-7-10-22(15-19(18)2)31-27(35)17-32-25-6-4-3-5-24(25)28(36)33(29(32)37)23-13-8-20(9-14-23)16-26(34)30-21-11-12-21/h3-10,13-15,21H,11-12,16-17H2,1-2H3,(H,30,34)(H,31,35). The van der Waals surface area contributed by atoms with Gasteiger partial charge in [0.05, 0.1) is 23.0 Å². The van der Waals surface area contributed by atoms with Crippen LogP contribution in [0.3, 0.4) is 0 Å². The summed E-state index contributed by atoms with van der Waals surface area (Å²) in [6.07, 6.45) is 2.27. The molecule has 0 spiro atoms. The number of nitrogens with one attached hydrogen (secondary N) is 2. The highest BCUT2D eigenvalue weighted by molar-refractivity contribution is 5.91. The van der Waals surface area contributed by atoms with E-state index >= 15 is 0 Å². The molecule has 8 nitrogen and oxygen atoms in total. The number of nitrogens with zero attached hydrogens (tertiary/aromatic N) is 2. The van der Waals surface area contributed by atoms with Crippen molar-refractivity contribution in [1.82, 2.24) is 14.5 Å². The van der Waals surface area contributed by atoms with Crippen molar-refractivity contribution in [2.24, 2.45) is 0 Å².